The lowest BCUT2D eigenvalue weighted by Crippen LogP contribution is -2.47. The molecule has 0 spiro atoms. The summed E-state index contributed by atoms with van der Waals surface area (Å²) in [5.41, 5.74) is 5.90. The van der Waals surface area contributed by atoms with Gasteiger partial charge in [-0.25, -0.2) is 0 Å². The summed E-state index contributed by atoms with van der Waals surface area (Å²) in [6.45, 7) is 8.78. The number of hydrogen-bond donors (Lipinski definition) is 2. The van der Waals surface area contributed by atoms with Crippen molar-refractivity contribution in [2.45, 2.75) is 71.9 Å². The van der Waals surface area contributed by atoms with Gasteiger partial charge in [0.05, 0.1) is 6.04 Å². The van der Waals surface area contributed by atoms with Gasteiger partial charge in [-0.2, -0.15) is 0 Å². The van der Waals surface area contributed by atoms with Crippen LogP contribution in [0.15, 0.2) is 0 Å². The fraction of sp³-hybridized carbons (Fsp3) is 0.933. The van der Waals surface area contributed by atoms with Crippen molar-refractivity contribution in [2.75, 3.05) is 0 Å². The fourth-order valence-electron chi connectivity index (χ4n) is 2.85. The molecule has 106 valence electrons. The maximum absolute atomic E-state index is 11.9. The third-order valence-corrected chi connectivity index (χ3v) is 4.12. The second kappa shape index (κ2) is 7.13. The molecule has 1 amide bonds. The Hall–Kier alpha value is -0.570. The zero-order valence-corrected chi connectivity index (χ0v) is 12.4. The second-order valence-corrected chi connectivity index (χ2v) is 6.60. The number of amides is 1. The van der Waals surface area contributed by atoms with Crippen molar-refractivity contribution in [1.82, 2.24) is 5.32 Å². The van der Waals surface area contributed by atoms with Gasteiger partial charge in [-0.1, -0.05) is 27.7 Å². The smallest absolute Gasteiger partial charge is 0.237 e. The minimum Gasteiger partial charge on any atom is -0.352 e. The molecular weight excluding hydrogens is 224 g/mol. The average molecular weight is 254 g/mol. The lowest BCUT2D eigenvalue weighted by Gasteiger charge is -2.32. The first-order valence-corrected chi connectivity index (χ1v) is 7.46. The van der Waals surface area contributed by atoms with Crippen LogP contribution < -0.4 is 11.1 Å². The van der Waals surface area contributed by atoms with E-state index < -0.39 is 0 Å². The van der Waals surface area contributed by atoms with Gasteiger partial charge in [-0.15, -0.1) is 0 Å². The molecule has 0 unspecified atom stereocenters. The van der Waals surface area contributed by atoms with Crippen LogP contribution in [-0.2, 0) is 4.79 Å². The third-order valence-electron chi connectivity index (χ3n) is 4.12. The standard InChI is InChI=1S/C15H30N2O/c1-10(2)9-14(16)15(18)17-13-7-5-12(6-8-13)11(3)4/h10-14H,5-9,16H2,1-4H3,(H,17,18)/t12?,13?,14-/m0/s1. The summed E-state index contributed by atoms with van der Waals surface area (Å²) >= 11 is 0. The van der Waals surface area contributed by atoms with Crippen molar-refractivity contribution in [3.8, 4) is 0 Å². The van der Waals surface area contributed by atoms with Crippen molar-refractivity contribution in [3.05, 3.63) is 0 Å². The van der Waals surface area contributed by atoms with Gasteiger partial charge in [-0.05, 0) is 49.9 Å². The normalized spacial score (nSPS) is 26.4. The SMILES string of the molecule is CC(C)C[C@H](N)C(=O)NC1CCC(C(C)C)CC1. The summed E-state index contributed by atoms with van der Waals surface area (Å²) in [6, 6.07) is 0.0125. The lowest BCUT2D eigenvalue weighted by molar-refractivity contribution is -0.123. The maximum Gasteiger partial charge on any atom is 0.237 e. The summed E-state index contributed by atoms with van der Waals surface area (Å²) in [7, 11) is 0. The molecule has 0 aliphatic heterocycles. The van der Waals surface area contributed by atoms with Crippen LogP contribution in [0.25, 0.3) is 0 Å². The van der Waals surface area contributed by atoms with Gasteiger partial charge in [-0.3, -0.25) is 4.79 Å². The molecule has 1 aliphatic rings. The number of nitrogens with two attached hydrogens (primary N) is 1. The minimum atomic E-state index is -0.340. The highest BCUT2D eigenvalue weighted by molar-refractivity contribution is 5.81. The molecule has 0 saturated heterocycles. The zero-order valence-electron chi connectivity index (χ0n) is 12.4. The van der Waals surface area contributed by atoms with Crippen LogP contribution in [0.4, 0.5) is 0 Å². The zero-order chi connectivity index (χ0) is 13.7. The molecule has 0 aromatic heterocycles. The summed E-state index contributed by atoms with van der Waals surface area (Å²) in [4.78, 5) is 11.9. The predicted molar refractivity (Wildman–Crippen MR) is 76.2 cm³/mol. The maximum atomic E-state index is 11.9. The Labute approximate surface area is 112 Å². The molecular formula is C15H30N2O. The van der Waals surface area contributed by atoms with E-state index in [2.05, 4.69) is 33.0 Å². The molecule has 1 aliphatic carbocycles. The second-order valence-electron chi connectivity index (χ2n) is 6.60. The molecule has 18 heavy (non-hydrogen) atoms. The molecule has 1 saturated carbocycles. The summed E-state index contributed by atoms with van der Waals surface area (Å²) < 4.78 is 0. The number of hydrogen-bond acceptors (Lipinski definition) is 2. The lowest BCUT2D eigenvalue weighted by atomic mass is 9.79. The molecule has 0 heterocycles. The predicted octanol–water partition coefficient (Wildman–Crippen LogP) is 2.69. The largest absolute Gasteiger partial charge is 0.352 e. The first-order chi connectivity index (χ1) is 8.40. The van der Waals surface area contributed by atoms with Crippen molar-refractivity contribution in [1.29, 1.82) is 0 Å². The monoisotopic (exact) mass is 254 g/mol. The number of nitrogens with one attached hydrogen (secondary N) is 1. The quantitative estimate of drug-likeness (QED) is 0.792. The first-order valence-electron chi connectivity index (χ1n) is 7.46. The Kier molecular flexibility index (Phi) is 6.13. The van der Waals surface area contributed by atoms with Gasteiger partial charge in [0.2, 0.25) is 5.91 Å². The molecule has 3 heteroatoms. The molecule has 1 atom stereocenters. The molecule has 0 bridgehead atoms. The van der Waals surface area contributed by atoms with E-state index in [0.29, 0.717) is 12.0 Å². The van der Waals surface area contributed by atoms with Crippen LogP contribution in [0.2, 0.25) is 0 Å². The first kappa shape index (κ1) is 15.5. The Morgan fingerprint density at radius 2 is 1.72 bits per heavy atom. The van der Waals surface area contributed by atoms with Crippen LogP contribution in [0, 0.1) is 17.8 Å². The summed E-state index contributed by atoms with van der Waals surface area (Å²) in [6.07, 6.45) is 5.48. The summed E-state index contributed by atoms with van der Waals surface area (Å²) in [5.74, 6) is 2.12. The van der Waals surface area contributed by atoms with Crippen LogP contribution in [0.3, 0.4) is 0 Å². The molecule has 3 nitrogen and oxygen atoms in total. The van der Waals surface area contributed by atoms with Crippen LogP contribution >= 0.6 is 0 Å². The van der Waals surface area contributed by atoms with Crippen LogP contribution in [0.1, 0.15) is 59.8 Å². The number of carbonyl (C=O) groups excluding carboxylic acids is 1. The number of rotatable bonds is 5. The average Bonchev–Trinajstić information content (AvgIpc) is 2.28. The van der Waals surface area contributed by atoms with Crippen molar-refractivity contribution < 1.29 is 4.79 Å². The molecule has 1 fully saturated rings. The highest BCUT2D eigenvalue weighted by Gasteiger charge is 2.25. The van der Waals surface area contributed by atoms with E-state index in [-0.39, 0.29) is 11.9 Å². The van der Waals surface area contributed by atoms with Crippen LogP contribution in [0.5, 0.6) is 0 Å². The van der Waals surface area contributed by atoms with E-state index in [9.17, 15) is 4.79 Å². The van der Waals surface area contributed by atoms with Gasteiger partial charge in [0, 0.05) is 6.04 Å². The van der Waals surface area contributed by atoms with E-state index in [1.807, 2.05) is 0 Å². The minimum absolute atomic E-state index is 0.0386. The van der Waals surface area contributed by atoms with Gasteiger partial charge >= 0.3 is 0 Å². The Morgan fingerprint density at radius 3 is 2.17 bits per heavy atom. The van der Waals surface area contributed by atoms with Gasteiger partial charge in [0.25, 0.3) is 0 Å². The van der Waals surface area contributed by atoms with Gasteiger partial charge in [0.15, 0.2) is 0 Å². The molecule has 0 radical (unpaired) electrons. The van der Waals surface area contributed by atoms with Gasteiger partial charge < -0.3 is 11.1 Å². The van der Waals surface area contributed by atoms with E-state index in [4.69, 9.17) is 5.73 Å². The highest BCUT2D eigenvalue weighted by Crippen LogP contribution is 2.29. The van der Waals surface area contributed by atoms with Gasteiger partial charge in [0.1, 0.15) is 0 Å². The number of carbonyl (C=O) groups is 1. The molecule has 0 aromatic carbocycles. The highest BCUT2D eigenvalue weighted by atomic mass is 16.2. The van der Waals surface area contributed by atoms with E-state index in [1.54, 1.807) is 0 Å². The van der Waals surface area contributed by atoms with E-state index in [1.165, 1.54) is 12.8 Å². The Morgan fingerprint density at radius 1 is 1.17 bits per heavy atom. The molecule has 0 aromatic rings. The Balaban J connectivity index is 2.30. The molecule has 3 N–H and O–H groups in total. The fourth-order valence-corrected chi connectivity index (χ4v) is 2.85. The van der Waals surface area contributed by atoms with Crippen molar-refractivity contribution in [2.24, 2.45) is 23.5 Å². The van der Waals surface area contributed by atoms with Crippen LogP contribution in [-0.4, -0.2) is 18.0 Å². The third kappa shape index (κ3) is 4.97. The Bertz CT molecular complexity index is 255. The topological polar surface area (TPSA) is 55.1 Å². The molecule has 1 rings (SSSR count). The van der Waals surface area contributed by atoms with Crippen molar-refractivity contribution >= 4 is 5.91 Å². The summed E-state index contributed by atoms with van der Waals surface area (Å²) in [5, 5.41) is 3.12. The van der Waals surface area contributed by atoms with E-state index >= 15 is 0 Å². The van der Waals surface area contributed by atoms with E-state index in [0.717, 1.165) is 31.1 Å². The van der Waals surface area contributed by atoms with Crippen molar-refractivity contribution in [3.63, 3.8) is 0 Å².